The summed E-state index contributed by atoms with van der Waals surface area (Å²) in [5.41, 5.74) is 1.65. The lowest BCUT2D eigenvalue weighted by Crippen LogP contribution is -2.36. The molecule has 5 atom stereocenters. The van der Waals surface area contributed by atoms with Crippen molar-refractivity contribution in [3.05, 3.63) is 16.0 Å². The molecule has 6 rings (SSSR count). The molecule has 6 nitrogen and oxygen atoms in total. The van der Waals surface area contributed by atoms with E-state index in [0.717, 1.165) is 50.5 Å². The fourth-order valence-corrected chi connectivity index (χ4v) is 7.04. The van der Waals surface area contributed by atoms with Crippen LogP contribution in [0.15, 0.2) is 0 Å². The number of amides is 3. The molecule has 1 saturated carbocycles. The molecule has 0 unspecified atom stereocenters. The van der Waals surface area contributed by atoms with Gasteiger partial charge in [0.2, 0.25) is 11.8 Å². The number of nitrogens with one attached hydrogen (secondary N) is 1. The van der Waals surface area contributed by atoms with Crippen LogP contribution in [0.1, 0.15) is 59.8 Å². The van der Waals surface area contributed by atoms with Crippen molar-refractivity contribution in [2.45, 2.75) is 70.1 Å². The van der Waals surface area contributed by atoms with Crippen LogP contribution in [0.5, 0.6) is 0 Å². The van der Waals surface area contributed by atoms with Crippen LogP contribution < -0.4 is 10.2 Å². The van der Waals surface area contributed by atoms with Gasteiger partial charge in [-0.05, 0) is 56.4 Å². The SMILES string of the molecule is C[C@@H]1CCc2c(sc(N3C(=O)[C@@H]4[C@@H](C3=O)[C@H]3CC[C@@H]4O3)c2C(=O)NC2CC2)C1. The highest BCUT2D eigenvalue weighted by Crippen LogP contribution is 2.52. The monoisotopic (exact) mass is 400 g/mol. The van der Waals surface area contributed by atoms with Crippen LogP contribution in [0, 0.1) is 17.8 Å². The number of nitrogens with zero attached hydrogens (tertiary/aromatic N) is 1. The molecule has 0 aromatic carbocycles. The van der Waals surface area contributed by atoms with Crippen molar-refractivity contribution < 1.29 is 19.1 Å². The van der Waals surface area contributed by atoms with E-state index < -0.39 is 0 Å². The van der Waals surface area contributed by atoms with Crippen molar-refractivity contribution >= 4 is 34.1 Å². The Hall–Kier alpha value is -1.73. The van der Waals surface area contributed by atoms with E-state index in [4.69, 9.17) is 4.74 Å². The second-order valence-electron chi connectivity index (χ2n) is 9.13. The molecule has 7 heteroatoms. The quantitative estimate of drug-likeness (QED) is 0.791. The summed E-state index contributed by atoms with van der Waals surface area (Å²) in [6.07, 6.45) is 6.27. The molecule has 4 heterocycles. The first-order valence-corrected chi connectivity index (χ1v) is 11.3. The van der Waals surface area contributed by atoms with Crippen LogP contribution in [0.2, 0.25) is 0 Å². The summed E-state index contributed by atoms with van der Waals surface area (Å²) < 4.78 is 5.85. The molecule has 4 fully saturated rings. The van der Waals surface area contributed by atoms with E-state index in [-0.39, 0.29) is 47.8 Å². The van der Waals surface area contributed by atoms with Gasteiger partial charge in [-0.2, -0.15) is 0 Å². The second-order valence-corrected chi connectivity index (χ2v) is 10.2. The summed E-state index contributed by atoms with van der Waals surface area (Å²) in [4.78, 5) is 42.2. The first kappa shape index (κ1) is 17.2. The van der Waals surface area contributed by atoms with Gasteiger partial charge in [-0.3, -0.25) is 14.4 Å². The average Bonchev–Trinajstić information content (AvgIpc) is 3.03. The smallest absolute Gasteiger partial charge is 0.254 e. The van der Waals surface area contributed by atoms with Crippen LogP contribution in [0.25, 0.3) is 0 Å². The highest BCUT2D eigenvalue weighted by Gasteiger charge is 2.63. The van der Waals surface area contributed by atoms with Gasteiger partial charge in [0.25, 0.3) is 5.91 Å². The van der Waals surface area contributed by atoms with Crippen molar-refractivity contribution in [1.82, 2.24) is 5.32 Å². The number of hydrogen-bond acceptors (Lipinski definition) is 5. The zero-order valence-electron chi connectivity index (χ0n) is 15.9. The molecular formula is C21H24N2O4S. The predicted octanol–water partition coefficient (Wildman–Crippen LogP) is 2.43. The lowest BCUT2D eigenvalue weighted by atomic mass is 9.81. The van der Waals surface area contributed by atoms with Gasteiger partial charge in [-0.25, -0.2) is 4.90 Å². The minimum atomic E-state index is -0.358. The summed E-state index contributed by atoms with van der Waals surface area (Å²) >= 11 is 1.49. The molecule has 28 heavy (non-hydrogen) atoms. The van der Waals surface area contributed by atoms with E-state index in [9.17, 15) is 14.4 Å². The molecule has 1 aromatic rings. The van der Waals surface area contributed by atoms with Crippen LogP contribution in [0.3, 0.4) is 0 Å². The standard InChI is InChI=1S/C21H24N2O4S/c1-9-2-5-11-14(8-9)28-21(15(11)18(24)22-10-3-4-10)23-19(25)16-12-6-7-13(27-12)17(16)20(23)26/h9-10,12-13,16-17H,2-8H2,1H3,(H,22,24)/t9-,12-,13+,16+,17+/m1/s1. The molecule has 3 aliphatic heterocycles. The van der Waals surface area contributed by atoms with E-state index in [0.29, 0.717) is 16.5 Å². The van der Waals surface area contributed by atoms with E-state index in [2.05, 4.69) is 12.2 Å². The molecule has 2 bridgehead atoms. The van der Waals surface area contributed by atoms with Gasteiger partial charge in [0.05, 0.1) is 29.6 Å². The van der Waals surface area contributed by atoms with Crippen LogP contribution >= 0.6 is 11.3 Å². The first-order chi connectivity index (χ1) is 13.5. The Labute approximate surface area is 167 Å². The molecule has 0 spiro atoms. The number of rotatable bonds is 3. The molecule has 3 amide bonds. The Bertz CT molecular complexity index is 876. The molecule has 2 aliphatic carbocycles. The maximum Gasteiger partial charge on any atom is 0.254 e. The minimum Gasteiger partial charge on any atom is -0.373 e. The van der Waals surface area contributed by atoms with Gasteiger partial charge in [-0.1, -0.05) is 6.92 Å². The molecule has 1 aromatic heterocycles. The van der Waals surface area contributed by atoms with E-state index in [1.54, 1.807) is 0 Å². The number of ether oxygens (including phenoxy) is 1. The fourth-order valence-electron chi connectivity index (χ4n) is 5.53. The number of anilines is 1. The third kappa shape index (κ3) is 2.32. The van der Waals surface area contributed by atoms with Gasteiger partial charge in [0, 0.05) is 10.9 Å². The van der Waals surface area contributed by atoms with Crippen LogP contribution in [-0.4, -0.2) is 36.0 Å². The molecular weight excluding hydrogens is 376 g/mol. The Balaban J connectivity index is 1.43. The van der Waals surface area contributed by atoms with Crippen molar-refractivity contribution in [3.63, 3.8) is 0 Å². The zero-order chi connectivity index (χ0) is 19.2. The van der Waals surface area contributed by atoms with Gasteiger partial charge >= 0.3 is 0 Å². The van der Waals surface area contributed by atoms with Gasteiger partial charge in [-0.15, -0.1) is 11.3 Å². The van der Waals surface area contributed by atoms with Crippen LogP contribution in [-0.2, 0) is 27.2 Å². The summed E-state index contributed by atoms with van der Waals surface area (Å²) in [5, 5.41) is 3.66. The van der Waals surface area contributed by atoms with E-state index in [1.165, 1.54) is 21.1 Å². The summed E-state index contributed by atoms with van der Waals surface area (Å²) in [6, 6.07) is 0.243. The third-order valence-corrected chi connectivity index (χ3v) is 8.36. The number of thiophene rings is 1. The number of fused-ring (bicyclic) bond motifs is 6. The Morgan fingerprint density at radius 3 is 2.39 bits per heavy atom. The average molecular weight is 401 g/mol. The van der Waals surface area contributed by atoms with E-state index >= 15 is 0 Å². The summed E-state index contributed by atoms with van der Waals surface area (Å²) in [7, 11) is 0. The number of carbonyl (C=O) groups excluding carboxylic acids is 3. The van der Waals surface area contributed by atoms with Crippen molar-refractivity contribution in [1.29, 1.82) is 0 Å². The Morgan fingerprint density at radius 2 is 1.75 bits per heavy atom. The zero-order valence-corrected chi connectivity index (χ0v) is 16.7. The van der Waals surface area contributed by atoms with Crippen molar-refractivity contribution in [2.75, 3.05) is 4.90 Å². The van der Waals surface area contributed by atoms with Crippen molar-refractivity contribution in [2.24, 2.45) is 17.8 Å². The highest BCUT2D eigenvalue weighted by atomic mass is 32.1. The van der Waals surface area contributed by atoms with Gasteiger partial charge in [0.15, 0.2) is 0 Å². The van der Waals surface area contributed by atoms with E-state index in [1.807, 2.05) is 0 Å². The normalized spacial score (nSPS) is 36.0. The Morgan fingerprint density at radius 1 is 1.07 bits per heavy atom. The Kier molecular flexibility index (Phi) is 3.61. The largest absolute Gasteiger partial charge is 0.373 e. The lowest BCUT2D eigenvalue weighted by molar-refractivity contribution is -0.124. The number of carbonyl (C=O) groups is 3. The van der Waals surface area contributed by atoms with Crippen molar-refractivity contribution in [3.8, 4) is 0 Å². The number of imide groups is 1. The summed E-state index contributed by atoms with van der Waals surface area (Å²) in [6.45, 7) is 2.22. The molecule has 5 aliphatic rings. The lowest BCUT2D eigenvalue weighted by Gasteiger charge is -2.19. The molecule has 0 radical (unpaired) electrons. The number of hydrogen-bond donors (Lipinski definition) is 1. The third-order valence-electron chi connectivity index (χ3n) is 7.12. The molecule has 3 saturated heterocycles. The first-order valence-electron chi connectivity index (χ1n) is 10.5. The maximum atomic E-state index is 13.3. The molecule has 1 N–H and O–H groups in total. The minimum absolute atomic E-state index is 0.110. The highest BCUT2D eigenvalue weighted by molar-refractivity contribution is 7.17. The summed E-state index contributed by atoms with van der Waals surface area (Å²) in [5.74, 6) is -0.579. The van der Waals surface area contributed by atoms with Gasteiger partial charge in [0.1, 0.15) is 5.00 Å². The maximum absolute atomic E-state index is 13.3. The van der Waals surface area contributed by atoms with Gasteiger partial charge < -0.3 is 10.1 Å². The van der Waals surface area contributed by atoms with Crippen LogP contribution in [0.4, 0.5) is 5.00 Å². The topological polar surface area (TPSA) is 75.7 Å². The second kappa shape index (κ2) is 5.89. The fraction of sp³-hybridized carbons (Fsp3) is 0.667. The molecule has 148 valence electrons. The predicted molar refractivity (Wildman–Crippen MR) is 103 cm³/mol.